The molecule has 2 heterocycles. The van der Waals surface area contributed by atoms with Gasteiger partial charge in [-0.15, -0.1) is 0 Å². The third kappa shape index (κ3) is 5.38. The van der Waals surface area contributed by atoms with Crippen molar-refractivity contribution in [2.45, 2.75) is 13.0 Å². The summed E-state index contributed by atoms with van der Waals surface area (Å²) in [4.78, 5) is 47.6. The Morgan fingerprint density at radius 1 is 1.21 bits per heavy atom. The van der Waals surface area contributed by atoms with Crippen molar-refractivity contribution in [3.05, 3.63) is 69.4 Å². The zero-order valence-electron chi connectivity index (χ0n) is 19.0. The van der Waals surface area contributed by atoms with Gasteiger partial charge in [0.1, 0.15) is 23.4 Å². The first-order valence-corrected chi connectivity index (χ1v) is 10.3. The summed E-state index contributed by atoms with van der Waals surface area (Å²) in [6, 6.07) is 7.50. The molecule has 0 atom stereocenters. The van der Waals surface area contributed by atoms with Crippen LogP contribution in [0.25, 0.3) is 11.0 Å². The van der Waals surface area contributed by atoms with Crippen LogP contribution in [0.4, 0.5) is 4.39 Å². The summed E-state index contributed by atoms with van der Waals surface area (Å²) in [5, 5.41) is 14.2. The van der Waals surface area contributed by atoms with Crippen LogP contribution in [0.2, 0.25) is 0 Å². The van der Waals surface area contributed by atoms with Gasteiger partial charge in [0, 0.05) is 26.9 Å². The number of hydroxylamine groups is 2. The van der Waals surface area contributed by atoms with E-state index >= 15 is 0 Å². The summed E-state index contributed by atoms with van der Waals surface area (Å²) < 4.78 is 19.2. The molecular formula is C23H25FN4O6. The van der Waals surface area contributed by atoms with E-state index in [1.54, 1.807) is 18.2 Å². The van der Waals surface area contributed by atoms with E-state index < -0.39 is 35.2 Å². The number of likely N-dealkylation sites (N-methyl/N-ethyl adjacent to an activating group) is 1. The van der Waals surface area contributed by atoms with Crippen LogP contribution in [0.1, 0.15) is 21.5 Å². The zero-order chi connectivity index (χ0) is 24.8. The molecule has 0 radical (unpaired) electrons. The molecule has 0 saturated heterocycles. The van der Waals surface area contributed by atoms with E-state index in [1.807, 2.05) is 0 Å². The first-order chi connectivity index (χ1) is 16.3. The van der Waals surface area contributed by atoms with Crippen LogP contribution >= 0.6 is 0 Å². The van der Waals surface area contributed by atoms with Crippen LogP contribution in [-0.2, 0) is 27.3 Å². The molecule has 0 aliphatic carbocycles. The van der Waals surface area contributed by atoms with E-state index in [4.69, 9.17) is 9.57 Å². The van der Waals surface area contributed by atoms with Crippen molar-refractivity contribution in [3.63, 3.8) is 0 Å². The number of rotatable bonds is 9. The van der Waals surface area contributed by atoms with Gasteiger partial charge in [-0.25, -0.2) is 9.45 Å². The Labute approximate surface area is 194 Å². The molecule has 2 N–H and O–H groups in total. The lowest BCUT2D eigenvalue weighted by Gasteiger charge is -2.18. The van der Waals surface area contributed by atoms with Crippen molar-refractivity contribution in [2.24, 2.45) is 0 Å². The number of pyridine rings is 2. The number of methoxy groups -OCH3 is 1. The maximum Gasteiger partial charge on any atom is 0.268 e. The average Bonchev–Trinajstić information content (AvgIpc) is 2.82. The first-order valence-electron chi connectivity index (χ1n) is 10.3. The van der Waals surface area contributed by atoms with Gasteiger partial charge in [0.05, 0.1) is 19.2 Å². The average molecular weight is 472 g/mol. The highest BCUT2D eigenvalue weighted by molar-refractivity contribution is 6.01. The number of hydrogen-bond donors (Lipinski definition) is 2. The molecular weight excluding hydrogens is 447 g/mol. The predicted molar refractivity (Wildman–Crippen MR) is 121 cm³/mol. The van der Waals surface area contributed by atoms with Crippen molar-refractivity contribution in [2.75, 3.05) is 34.4 Å². The molecule has 1 aromatic carbocycles. The van der Waals surface area contributed by atoms with Crippen LogP contribution in [0.5, 0.6) is 5.75 Å². The summed E-state index contributed by atoms with van der Waals surface area (Å²) in [5.74, 6) is -2.34. The fourth-order valence-corrected chi connectivity index (χ4v) is 3.34. The summed E-state index contributed by atoms with van der Waals surface area (Å²) in [6.45, 7) is -0.141. The third-order valence-corrected chi connectivity index (χ3v) is 5.19. The molecule has 10 nitrogen and oxygen atoms in total. The number of halogens is 1. The molecule has 0 bridgehead atoms. The number of nitrogens with zero attached hydrogens (tertiary/aromatic N) is 3. The number of aromatic hydroxyl groups is 1. The highest BCUT2D eigenvalue weighted by Gasteiger charge is 2.25. The molecule has 2 amide bonds. The molecule has 0 fully saturated rings. The molecule has 2 aromatic heterocycles. The van der Waals surface area contributed by atoms with Crippen LogP contribution in [0.15, 0.2) is 41.3 Å². The van der Waals surface area contributed by atoms with E-state index in [9.17, 15) is 23.9 Å². The number of hydrogen-bond acceptors (Lipinski definition) is 7. The molecule has 180 valence electrons. The number of nitrogens with one attached hydrogen (secondary N) is 1. The topological polar surface area (TPSA) is 123 Å². The number of carbonyl (C=O) groups excluding carboxylic acids is 2. The molecule has 0 aliphatic rings. The maximum absolute atomic E-state index is 13.3. The normalized spacial score (nSPS) is 10.9. The molecule has 11 heteroatoms. The summed E-state index contributed by atoms with van der Waals surface area (Å²) in [6.07, 6.45) is 1.85. The lowest BCUT2D eigenvalue weighted by atomic mass is 10.1. The van der Waals surface area contributed by atoms with Gasteiger partial charge in [-0.3, -0.25) is 28.8 Å². The number of benzene rings is 1. The Balaban J connectivity index is 2.13. The lowest BCUT2D eigenvalue weighted by Crippen LogP contribution is -2.38. The highest BCUT2D eigenvalue weighted by Crippen LogP contribution is 2.26. The van der Waals surface area contributed by atoms with Gasteiger partial charge in [0.2, 0.25) is 0 Å². The molecule has 34 heavy (non-hydrogen) atoms. The summed E-state index contributed by atoms with van der Waals surface area (Å²) in [7, 11) is 4.14. The van der Waals surface area contributed by atoms with Gasteiger partial charge in [-0.1, -0.05) is 12.1 Å². The number of fused-ring (bicyclic) bond motifs is 1. The van der Waals surface area contributed by atoms with Gasteiger partial charge < -0.3 is 15.2 Å². The maximum atomic E-state index is 13.3. The van der Waals surface area contributed by atoms with Crippen LogP contribution in [0.3, 0.4) is 0 Å². The monoisotopic (exact) mass is 472 g/mol. The Hall–Kier alpha value is -3.83. The quantitative estimate of drug-likeness (QED) is 0.355. The largest absolute Gasteiger partial charge is 0.505 e. The lowest BCUT2D eigenvalue weighted by molar-refractivity contribution is -0.169. The third-order valence-electron chi connectivity index (χ3n) is 5.19. The van der Waals surface area contributed by atoms with Gasteiger partial charge in [-0.05, 0) is 35.7 Å². The number of aromatic nitrogens is 2. The number of carbonyl (C=O) groups is 2. The second-order valence-electron chi connectivity index (χ2n) is 7.45. The van der Waals surface area contributed by atoms with Crippen molar-refractivity contribution < 1.29 is 28.7 Å². The van der Waals surface area contributed by atoms with Gasteiger partial charge in [-0.2, -0.15) is 0 Å². The minimum atomic E-state index is -0.862. The van der Waals surface area contributed by atoms with E-state index in [2.05, 4.69) is 10.3 Å². The van der Waals surface area contributed by atoms with E-state index in [0.717, 1.165) is 15.2 Å². The fourth-order valence-electron chi connectivity index (χ4n) is 3.34. The van der Waals surface area contributed by atoms with E-state index in [0.29, 0.717) is 12.0 Å². The number of amides is 2. The minimum absolute atomic E-state index is 0.0211. The van der Waals surface area contributed by atoms with Crippen LogP contribution < -0.4 is 10.9 Å². The smallest absolute Gasteiger partial charge is 0.268 e. The Morgan fingerprint density at radius 2 is 1.91 bits per heavy atom. The Kier molecular flexibility index (Phi) is 7.92. The molecule has 3 aromatic rings. The van der Waals surface area contributed by atoms with E-state index in [1.165, 1.54) is 39.6 Å². The Morgan fingerprint density at radius 3 is 2.56 bits per heavy atom. The zero-order valence-corrected chi connectivity index (χ0v) is 19.0. The van der Waals surface area contributed by atoms with Crippen LogP contribution in [-0.4, -0.2) is 66.0 Å². The fraction of sp³-hybridized carbons (Fsp3) is 0.304. The minimum Gasteiger partial charge on any atom is -0.505 e. The van der Waals surface area contributed by atoms with Gasteiger partial charge in [0.15, 0.2) is 5.75 Å². The first kappa shape index (κ1) is 24.8. The van der Waals surface area contributed by atoms with Gasteiger partial charge in [0.25, 0.3) is 17.4 Å². The van der Waals surface area contributed by atoms with Crippen LogP contribution in [0, 0.1) is 5.82 Å². The standard InChI is InChI=1S/C23H25FN4O6/c1-27(34-3)18(29)13-28-17-11-15(10-14-4-6-16(24)7-5-14)12-26-20(17)21(30)19(23(28)32)22(31)25-8-9-33-2/h4-7,11-12,30H,8-10,13H2,1-3H3,(H,25,31). The molecule has 3 rings (SSSR count). The number of ether oxygens (including phenoxy) is 1. The van der Waals surface area contributed by atoms with Crippen molar-refractivity contribution >= 4 is 22.8 Å². The highest BCUT2D eigenvalue weighted by atomic mass is 19.1. The molecule has 0 aliphatic heterocycles. The second kappa shape index (κ2) is 10.9. The van der Waals surface area contributed by atoms with E-state index in [-0.39, 0.29) is 30.0 Å². The molecule has 0 unspecified atom stereocenters. The van der Waals surface area contributed by atoms with Crippen molar-refractivity contribution in [3.8, 4) is 5.75 Å². The van der Waals surface area contributed by atoms with Crippen molar-refractivity contribution in [1.29, 1.82) is 0 Å². The second-order valence-corrected chi connectivity index (χ2v) is 7.45. The summed E-state index contributed by atoms with van der Waals surface area (Å²) in [5.41, 5.74) is 0.191. The summed E-state index contributed by atoms with van der Waals surface area (Å²) >= 11 is 0. The van der Waals surface area contributed by atoms with Crippen molar-refractivity contribution in [1.82, 2.24) is 19.9 Å². The molecule has 0 saturated carbocycles. The SMILES string of the molecule is COCCNC(=O)c1c(O)c2ncc(Cc3ccc(F)cc3)cc2n(CC(=O)N(C)OC)c1=O. The predicted octanol–water partition coefficient (Wildman–Crippen LogP) is 1.23. The Bertz CT molecular complexity index is 1260. The molecule has 0 spiro atoms. The van der Waals surface area contributed by atoms with Gasteiger partial charge >= 0.3 is 0 Å².